The minimum atomic E-state index is -4.86. The van der Waals surface area contributed by atoms with Crippen LogP contribution in [0.4, 0.5) is 34.6 Å². The van der Waals surface area contributed by atoms with Crippen LogP contribution in [0.2, 0.25) is 0 Å². The van der Waals surface area contributed by atoms with Gasteiger partial charge in [-0.25, -0.2) is 15.3 Å². The molecule has 5 aromatic rings. The maximum Gasteiger partial charge on any atom is 0.337 e. The highest BCUT2D eigenvalue weighted by atomic mass is 32.2. The smallest absolute Gasteiger partial charge is 0.337 e. The van der Waals surface area contributed by atoms with E-state index in [2.05, 4.69) is 54.6 Å². The first-order chi connectivity index (χ1) is 23.5. The molecule has 0 spiro atoms. The molecule has 8 N–H and O–H groups in total. The maximum atomic E-state index is 12.2. The van der Waals surface area contributed by atoms with E-state index in [-0.39, 0.29) is 49.9 Å². The number of azo groups is 1. The van der Waals surface area contributed by atoms with Crippen molar-refractivity contribution in [3.05, 3.63) is 72.3 Å². The van der Waals surface area contributed by atoms with Gasteiger partial charge in [0, 0.05) is 10.3 Å². The number of aromatic nitrogens is 3. The predicted octanol–water partition coefficient (Wildman–Crippen LogP) is 6.14. The van der Waals surface area contributed by atoms with Crippen LogP contribution in [0.25, 0.3) is 10.8 Å². The highest BCUT2D eigenvalue weighted by Gasteiger charge is 2.22. The van der Waals surface area contributed by atoms with Gasteiger partial charge in [0.2, 0.25) is 11.9 Å². The number of para-hydroxylation sites is 1. The third-order valence-electron chi connectivity index (χ3n) is 6.11. The second kappa shape index (κ2) is 15.3. The monoisotopic (exact) mass is 733 g/mol. The van der Waals surface area contributed by atoms with E-state index in [9.17, 15) is 33.1 Å². The van der Waals surface area contributed by atoms with Gasteiger partial charge in [-0.15, -0.1) is 13.8 Å². The molecule has 0 saturated carbocycles. The number of hydrogen-bond acceptors (Lipinski definition) is 20. The lowest BCUT2D eigenvalue weighted by Gasteiger charge is -2.15. The Labute approximate surface area is 281 Å². The summed E-state index contributed by atoms with van der Waals surface area (Å²) in [5.74, 6) is -2.62. The van der Waals surface area contributed by atoms with Crippen LogP contribution in [0.1, 0.15) is 10.4 Å². The van der Waals surface area contributed by atoms with Gasteiger partial charge in [-0.1, -0.05) is 22.2 Å². The summed E-state index contributed by atoms with van der Waals surface area (Å²) >= 11 is 1.06. The molecule has 0 atom stereocenters. The van der Waals surface area contributed by atoms with Crippen molar-refractivity contribution in [2.75, 3.05) is 10.6 Å². The lowest BCUT2D eigenvalue weighted by Crippen LogP contribution is -2.07. The molecule has 1 aromatic heterocycles. The lowest BCUT2D eigenvalue weighted by molar-refractivity contribution is -0.432. The summed E-state index contributed by atoms with van der Waals surface area (Å²) in [7, 11) is -4.86. The van der Waals surface area contributed by atoms with Crippen LogP contribution in [0, 0.1) is 0 Å². The third kappa shape index (κ3) is 8.64. The van der Waals surface area contributed by atoms with Gasteiger partial charge in [-0.05, 0) is 60.0 Å². The number of aromatic carboxylic acids is 1. The number of benzene rings is 4. The normalized spacial score (nSPS) is 11.7. The van der Waals surface area contributed by atoms with Gasteiger partial charge >= 0.3 is 12.0 Å². The largest absolute Gasteiger partial charge is 0.505 e. The first-order valence-electron chi connectivity index (χ1n) is 12.9. The van der Waals surface area contributed by atoms with E-state index in [4.69, 9.17) is 10.5 Å². The van der Waals surface area contributed by atoms with Gasteiger partial charge in [0.15, 0.2) is 5.75 Å². The molecule has 23 heteroatoms. The van der Waals surface area contributed by atoms with E-state index in [1.54, 1.807) is 18.2 Å². The molecule has 0 aliphatic rings. The van der Waals surface area contributed by atoms with Crippen molar-refractivity contribution in [3.63, 3.8) is 0 Å². The van der Waals surface area contributed by atoms with Gasteiger partial charge in [-0.2, -0.15) is 28.5 Å². The average molecular weight is 734 g/mol. The van der Waals surface area contributed by atoms with Gasteiger partial charge in [0.1, 0.15) is 5.69 Å². The number of phenols is 1. The zero-order valence-electron chi connectivity index (χ0n) is 23.9. The van der Waals surface area contributed by atoms with Crippen LogP contribution in [0.5, 0.6) is 11.8 Å². The third-order valence-corrected chi connectivity index (χ3v) is 8.16. The second-order valence-corrected chi connectivity index (χ2v) is 12.1. The summed E-state index contributed by atoms with van der Waals surface area (Å²) in [4.78, 5) is 23.1. The number of rotatable bonds is 14. The number of nitrogens with one attached hydrogen (secondary N) is 2. The number of fused-ring (bicyclic) bond motifs is 1. The Balaban J connectivity index is 1.61. The fourth-order valence-corrected chi connectivity index (χ4v) is 5.54. The molecule has 0 unspecified atom stereocenters. The summed E-state index contributed by atoms with van der Waals surface area (Å²) in [5.41, 5.74) is -0.296. The molecule has 0 aliphatic heterocycles. The Kier molecular flexibility index (Phi) is 11.0. The lowest BCUT2D eigenvalue weighted by atomic mass is 10.1. The molecule has 0 fully saturated rings. The van der Waals surface area contributed by atoms with Crippen LogP contribution < -0.4 is 10.6 Å². The highest BCUT2D eigenvalue weighted by molar-refractivity contribution is 7.95. The van der Waals surface area contributed by atoms with Crippen molar-refractivity contribution < 1.29 is 62.3 Å². The molecule has 20 nitrogen and oxygen atoms in total. The molecular formula is C26H19N7O13S3. The topological polar surface area (TPSA) is 297 Å². The Morgan fingerprint density at radius 3 is 2.12 bits per heavy atom. The first-order valence-corrected chi connectivity index (χ1v) is 15.8. The molecule has 0 radical (unpaired) electrons. The molecule has 1 heterocycles. The number of carbonyl (C=O) groups is 1. The molecule has 4 aromatic carbocycles. The van der Waals surface area contributed by atoms with Crippen LogP contribution in [0.3, 0.4) is 0 Å². The van der Waals surface area contributed by atoms with Gasteiger partial charge in [0.05, 0.1) is 56.5 Å². The van der Waals surface area contributed by atoms with Gasteiger partial charge in [-0.3, -0.25) is 4.55 Å². The standard InChI is InChI=1S/C26H19N7O13S3/c34-22-20-12(10-19(48-46-44-39)21(22)33-32-13-5-7-14(8-6-13)47-45-43-38)9-15(49(40,41)42)11-18(20)28-25-29-24(30-26(37)31-25)27-17-4-2-1-3-16(17)23(35)36/h1-11,34,38-39H,(H,35,36)(H,40,41,42)(H3,27,28,29,30,31,37)/b33-32+. The Hall–Kier alpha value is -5.21. The zero-order valence-corrected chi connectivity index (χ0v) is 26.3. The summed E-state index contributed by atoms with van der Waals surface area (Å²) in [6, 6.07) is 14.2. The number of hydrogen-bond donors (Lipinski definition) is 8. The molecule has 5 rings (SSSR count). The summed E-state index contributed by atoms with van der Waals surface area (Å²) < 4.78 is 43.2. The summed E-state index contributed by atoms with van der Waals surface area (Å²) in [6.45, 7) is 0. The van der Waals surface area contributed by atoms with Crippen molar-refractivity contribution >= 4 is 85.6 Å². The van der Waals surface area contributed by atoms with Crippen molar-refractivity contribution in [2.45, 2.75) is 14.7 Å². The van der Waals surface area contributed by atoms with Crippen LogP contribution in [-0.4, -0.2) is 59.7 Å². The molecule has 0 amide bonds. The highest BCUT2D eigenvalue weighted by Crippen LogP contribution is 2.47. The van der Waals surface area contributed by atoms with Crippen molar-refractivity contribution in [1.29, 1.82) is 0 Å². The Morgan fingerprint density at radius 1 is 0.816 bits per heavy atom. The van der Waals surface area contributed by atoms with E-state index in [1.807, 2.05) is 0 Å². The fraction of sp³-hybridized carbons (Fsp3) is 0. The van der Waals surface area contributed by atoms with Crippen LogP contribution >= 0.6 is 24.1 Å². The summed E-state index contributed by atoms with van der Waals surface area (Å²) in [5, 5.41) is 68.8. The molecule has 0 bridgehead atoms. The number of anilines is 4. The number of carboxylic acid groups (broad SMARTS) is 1. The number of phenolic OH excluding ortho intramolecular Hbond substituents is 1. The quantitative estimate of drug-likeness (QED) is 0.0209. The fourth-order valence-electron chi connectivity index (χ4n) is 4.15. The molecule has 0 aliphatic carbocycles. The van der Waals surface area contributed by atoms with E-state index in [0.717, 1.165) is 12.1 Å². The minimum Gasteiger partial charge on any atom is -0.505 e. The molecule has 49 heavy (non-hydrogen) atoms. The van der Waals surface area contributed by atoms with Crippen molar-refractivity contribution in [3.8, 4) is 11.8 Å². The van der Waals surface area contributed by atoms with E-state index < -0.39 is 38.7 Å². The van der Waals surface area contributed by atoms with Crippen molar-refractivity contribution in [1.82, 2.24) is 15.0 Å². The number of carboxylic acids is 1. The Morgan fingerprint density at radius 2 is 1.47 bits per heavy atom. The summed E-state index contributed by atoms with van der Waals surface area (Å²) in [6.07, 6.45) is 0. The van der Waals surface area contributed by atoms with Crippen LogP contribution in [0.15, 0.2) is 91.6 Å². The maximum absolute atomic E-state index is 12.2. The van der Waals surface area contributed by atoms with Gasteiger partial charge in [0.25, 0.3) is 10.1 Å². The van der Waals surface area contributed by atoms with E-state index in [0.29, 0.717) is 29.0 Å². The SMILES string of the molecule is O=C(O)c1ccccc1Nc1nc(O)nc(Nc2cc(S(=O)(=O)O)cc3cc(SOOO)c(/N=N/c4ccc(SOOO)cc4)c(O)c23)n1. The number of aromatic hydroxyl groups is 2. The Bertz CT molecular complexity index is 2160. The zero-order chi connectivity index (χ0) is 35.1. The van der Waals surface area contributed by atoms with E-state index in [1.165, 1.54) is 36.4 Å². The van der Waals surface area contributed by atoms with E-state index >= 15 is 0 Å². The number of nitrogens with zero attached hydrogens (tertiary/aromatic N) is 5. The second-order valence-electron chi connectivity index (χ2n) is 9.15. The van der Waals surface area contributed by atoms with Gasteiger partial charge < -0.3 is 26.0 Å². The minimum absolute atomic E-state index is 0.0300. The van der Waals surface area contributed by atoms with Crippen LogP contribution in [-0.2, 0) is 28.9 Å². The first kappa shape index (κ1) is 35.1. The van der Waals surface area contributed by atoms with Crippen molar-refractivity contribution in [2.24, 2.45) is 10.2 Å². The predicted molar refractivity (Wildman–Crippen MR) is 169 cm³/mol. The molecule has 0 saturated heterocycles. The molecular weight excluding hydrogens is 715 g/mol. The average Bonchev–Trinajstić information content (AvgIpc) is 3.05. The molecule has 254 valence electrons.